The first-order valence-corrected chi connectivity index (χ1v) is 6.85. The van der Waals surface area contributed by atoms with E-state index in [4.69, 9.17) is 0 Å². The van der Waals surface area contributed by atoms with E-state index in [1.807, 2.05) is 6.07 Å². The minimum Gasteiger partial charge on any atom is -0.368 e. The molecule has 1 unspecified atom stereocenters. The van der Waals surface area contributed by atoms with Gasteiger partial charge in [0.1, 0.15) is 0 Å². The maximum atomic E-state index is 11.0. The summed E-state index contributed by atoms with van der Waals surface area (Å²) >= 11 is 3.30. The van der Waals surface area contributed by atoms with E-state index in [1.165, 1.54) is 5.56 Å². The van der Waals surface area contributed by atoms with Crippen molar-refractivity contribution in [2.75, 3.05) is 11.4 Å². The highest BCUT2D eigenvalue weighted by molar-refractivity contribution is 9.10. The minimum absolute atomic E-state index is 0.00297. The van der Waals surface area contributed by atoms with Crippen molar-refractivity contribution in [2.24, 2.45) is 0 Å². The summed E-state index contributed by atoms with van der Waals surface area (Å²) < 4.78 is 0.560. The number of benzene rings is 1. The standard InChI is InChI=1S/C13H17BrN2O2/c1-5-15-8(2)13(3,4)9-6-10(14)12(16(17)18)7-11(9)15/h6-8H,5H2,1-4H3. The molecule has 18 heavy (non-hydrogen) atoms. The Balaban J connectivity index is 2.67. The van der Waals surface area contributed by atoms with Crippen LogP contribution in [-0.4, -0.2) is 17.5 Å². The molecule has 4 nitrogen and oxygen atoms in total. The van der Waals surface area contributed by atoms with Gasteiger partial charge in [-0.3, -0.25) is 10.1 Å². The van der Waals surface area contributed by atoms with E-state index < -0.39 is 0 Å². The van der Waals surface area contributed by atoms with E-state index in [0.29, 0.717) is 10.5 Å². The molecule has 0 amide bonds. The molecular weight excluding hydrogens is 296 g/mol. The van der Waals surface area contributed by atoms with Crippen molar-refractivity contribution in [2.45, 2.75) is 39.2 Å². The number of fused-ring (bicyclic) bond motifs is 1. The molecule has 0 saturated heterocycles. The molecule has 1 aliphatic rings. The highest BCUT2D eigenvalue weighted by Crippen LogP contribution is 2.48. The molecule has 1 aromatic rings. The van der Waals surface area contributed by atoms with Gasteiger partial charge in [-0.05, 0) is 41.4 Å². The van der Waals surface area contributed by atoms with Crippen molar-refractivity contribution in [1.82, 2.24) is 0 Å². The molecule has 2 rings (SSSR count). The summed E-state index contributed by atoms with van der Waals surface area (Å²) in [6, 6.07) is 3.93. The van der Waals surface area contributed by atoms with Gasteiger partial charge < -0.3 is 4.90 Å². The number of hydrogen-bond acceptors (Lipinski definition) is 3. The second kappa shape index (κ2) is 4.23. The fourth-order valence-corrected chi connectivity index (χ4v) is 3.20. The molecular formula is C13H17BrN2O2. The van der Waals surface area contributed by atoms with Crippen LogP contribution in [0.25, 0.3) is 0 Å². The molecule has 5 heteroatoms. The van der Waals surface area contributed by atoms with Crippen LogP contribution in [0.1, 0.15) is 33.3 Å². The molecule has 0 spiro atoms. The number of nitro groups is 1. The van der Waals surface area contributed by atoms with Gasteiger partial charge in [0.15, 0.2) is 0 Å². The minimum atomic E-state index is -0.339. The first-order chi connectivity index (χ1) is 8.30. The Kier molecular flexibility index (Phi) is 3.13. The van der Waals surface area contributed by atoms with Gasteiger partial charge in [-0.2, -0.15) is 0 Å². The van der Waals surface area contributed by atoms with E-state index in [-0.39, 0.29) is 16.0 Å². The van der Waals surface area contributed by atoms with Crippen LogP contribution in [0.5, 0.6) is 0 Å². The van der Waals surface area contributed by atoms with Crippen LogP contribution in [0.3, 0.4) is 0 Å². The lowest BCUT2D eigenvalue weighted by Crippen LogP contribution is -2.38. The lowest BCUT2D eigenvalue weighted by atomic mass is 9.81. The van der Waals surface area contributed by atoms with Crippen LogP contribution < -0.4 is 4.90 Å². The van der Waals surface area contributed by atoms with Gasteiger partial charge in [0.25, 0.3) is 5.69 Å². The fraction of sp³-hybridized carbons (Fsp3) is 0.538. The van der Waals surface area contributed by atoms with Crippen molar-refractivity contribution in [3.05, 3.63) is 32.3 Å². The van der Waals surface area contributed by atoms with Crippen molar-refractivity contribution < 1.29 is 4.92 Å². The largest absolute Gasteiger partial charge is 0.368 e. The third kappa shape index (κ3) is 1.72. The topological polar surface area (TPSA) is 46.4 Å². The third-order valence-corrected chi connectivity index (χ3v) is 4.75. The zero-order valence-corrected chi connectivity index (χ0v) is 12.6. The zero-order chi connectivity index (χ0) is 13.7. The lowest BCUT2D eigenvalue weighted by molar-refractivity contribution is -0.385. The highest BCUT2D eigenvalue weighted by atomic mass is 79.9. The van der Waals surface area contributed by atoms with Crippen LogP contribution in [-0.2, 0) is 5.41 Å². The number of hydrogen-bond donors (Lipinski definition) is 0. The van der Waals surface area contributed by atoms with Gasteiger partial charge in [0.2, 0.25) is 0 Å². The monoisotopic (exact) mass is 312 g/mol. The van der Waals surface area contributed by atoms with Crippen molar-refractivity contribution >= 4 is 27.3 Å². The van der Waals surface area contributed by atoms with Gasteiger partial charge in [-0.15, -0.1) is 0 Å². The van der Waals surface area contributed by atoms with Crippen LogP contribution >= 0.6 is 15.9 Å². The molecule has 0 fully saturated rings. The Morgan fingerprint density at radius 1 is 1.50 bits per heavy atom. The molecule has 0 saturated carbocycles. The van der Waals surface area contributed by atoms with E-state index in [2.05, 4.69) is 48.5 Å². The summed E-state index contributed by atoms with van der Waals surface area (Å²) in [7, 11) is 0. The highest BCUT2D eigenvalue weighted by Gasteiger charge is 2.42. The Morgan fingerprint density at radius 2 is 2.11 bits per heavy atom. The summed E-state index contributed by atoms with van der Waals surface area (Å²) in [5, 5.41) is 11.0. The molecule has 0 aliphatic carbocycles. The predicted octanol–water partition coefficient (Wildman–Crippen LogP) is 3.86. The third-order valence-electron chi connectivity index (χ3n) is 4.12. The van der Waals surface area contributed by atoms with Gasteiger partial charge in [-0.1, -0.05) is 13.8 Å². The maximum absolute atomic E-state index is 11.0. The second-order valence-corrected chi connectivity index (χ2v) is 6.12. The van der Waals surface area contributed by atoms with E-state index in [0.717, 1.165) is 12.2 Å². The Hall–Kier alpha value is -1.10. The average Bonchev–Trinajstić information content (AvgIpc) is 2.47. The van der Waals surface area contributed by atoms with Gasteiger partial charge in [-0.25, -0.2) is 0 Å². The maximum Gasteiger partial charge on any atom is 0.285 e. The number of likely N-dealkylation sites (N-methyl/N-ethyl adjacent to an activating group) is 1. The number of halogens is 1. The number of nitrogens with zero attached hydrogens (tertiary/aromatic N) is 2. The van der Waals surface area contributed by atoms with Crippen molar-refractivity contribution in [3.63, 3.8) is 0 Å². The SMILES string of the molecule is CCN1c2cc([N+](=O)[O-])c(Br)cc2C(C)(C)C1C. The Labute approximate surface area is 115 Å². The second-order valence-electron chi connectivity index (χ2n) is 5.26. The van der Waals surface area contributed by atoms with Crippen molar-refractivity contribution in [1.29, 1.82) is 0 Å². The Bertz CT molecular complexity index is 514. The fourth-order valence-electron chi connectivity index (χ4n) is 2.71. The van der Waals surface area contributed by atoms with Gasteiger partial charge in [0, 0.05) is 29.8 Å². The molecule has 1 atom stereocenters. The summed E-state index contributed by atoms with van der Waals surface area (Å²) in [6.45, 7) is 9.48. The molecule has 0 radical (unpaired) electrons. The smallest absolute Gasteiger partial charge is 0.285 e. The van der Waals surface area contributed by atoms with Crippen LogP contribution in [0.15, 0.2) is 16.6 Å². The van der Waals surface area contributed by atoms with Gasteiger partial charge >= 0.3 is 0 Å². The Morgan fingerprint density at radius 3 is 2.61 bits per heavy atom. The molecule has 1 heterocycles. The predicted molar refractivity (Wildman–Crippen MR) is 76.3 cm³/mol. The lowest BCUT2D eigenvalue weighted by Gasteiger charge is -2.30. The molecule has 1 aliphatic heterocycles. The first-order valence-electron chi connectivity index (χ1n) is 6.05. The molecule has 0 aromatic heterocycles. The normalized spacial score (nSPS) is 20.9. The number of rotatable bonds is 2. The van der Waals surface area contributed by atoms with Crippen LogP contribution in [0, 0.1) is 10.1 Å². The van der Waals surface area contributed by atoms with Crippen LogP contribution in [0.2, 0.25) is 0 Å². The molecule has 0 N–H and O–H groups in total. The van der Waals surface area contributed by atoms with E-state index in [1.54, 1.807) is 6.07 Å². The quantitative estimate of drug-likeness (QED) is 0.615. The van der Waals surface area contributed by atoms with E-state index in [9.17, 15) is 10.1 Å². The molecule has 98 valence electrons. The first kappa shape index (κ1) is 13.3. The summed E-state index contributed by atoms with van der Waals surface area (Å²) in [5.41, 5.74) is 2.31. The average molecular weight is 313 g/mol. The summed E-state index contributed by atoms with van der Waals surface area (Å²) in [6.07, 6.45) is 0. The van der Waals surface area contributed by atoms with Gasteiger partial charge in [0.05, 0.1) is 9.40 Å². The number of anilines is 1. The van der Waals surface area contributed by atoms with Crippen LogP contribution in [0.4, 0.5) is 11.4 Å². The zero-order valence-electron chi connectivity index (χ0n) is 11.0. The number of nitro benzene ring substituents is 1. The molecule has 1 aromatic carbocycles. The summed E-state index contributed by atoms with van der Waals surface area (Å²) in [5.74, 6) is 0. The van der Waals surface area contributed by atoms with Crippen molar-refractivity contribution in [3.8, 4) is 0 Å². The molecule has 0 bridgehead atoms. The van der Waals surface area contributed by atoms with E-state index >= 15 is 0 Å². The summed E-state index contributed by atoms with van der Waals surface area (Å²) in [4.78, 5) is 12.9.